The highest BCUT2D eigenvalue weighted by Gasteiger charge is 2.53. The van der Waals surface area contributed by atoms with E-state index in [1.54, 1.807) is 27.8 Å². The maximum absolute atomic E-state index is 4.41. The van der Waals surface area contributed by atoms with Gasteiger partial charge < -0.3 is 0 Å². The highest BCUT2D eigenvalue weighted by atomic mass is 32.1. The van der Waals surface area contributed by atoms with E-state index in [0.717, 1.165) is 51.6 Å². The summed E-state index contributed by atoms with van der Waals surface area (Å²) in [6.45, 7) is 11.6. The number of rotatable bonds is 20. The minimum atomic E-state index is 0. The van der Waals surface area contributed by atoms with E-state index in [4.69, 9.17) is 0 Å². The third kappa shape index (κ3) is 19.8. The molecule has 10 heteroatoms. The quantitative estimate of drug-likeness (QED) is 0.0372. The summed E-state index contributed by atoms with van der Waals surface area (Å²) in [5, 5.41) is 0. The number of fused-ring (bicyclic) bond motifs is 15. The lowest BCUT2D eigenvalue weighted by Crippen LogP contribution is -2.44. The third-order valence-corrected chi connectivity index (χ3v) is 31.2. The minimum Gasteiger partial charge on any atom is -0.269 e. The third-order valence-electron chi connectivity index (χ3n) is 29.7. The highest BCUT2D eigenvalue weighted by Crippen LogP contribution is 2.64. The summed E-state index contributed by atoms with van der Waals surface area (Å²) in [5.74, 6) is 0. The fraction of sp³-hybridized carbons (Fsp3) is 0.667. The summed E-state index contributed by atoms with van der Waals surface area (Å²) in [7, 11) is 0. The zero-order chi connectivity index (χ0) is 66.7. The van der Waals surface area contributed by atoms with Crippen molar-refractivity contribution >= 4 is 63.1 Å². The van der Waals surface area contributed by atoms with Crippen molar-refractivity contribution in [2.24, 2.45) is 27.1 Å². The molecule has 15 saturated carbocycles. The first-order chi connectivity index (χ1) is 45.9. The molecule has 0 heterocycles. The molecule has 0 amide bonds. The molecule has 0 N–H and O–H groups in total. The first-order valence-electron chi connectivity index (χ1n) is 39.9. The molecule has 0 aromatic heterocycles. The van der Waals surface area contributed by atoms with Gasteiger partial charge in [-0.05, 0) is 367 Å². The fourth-order valence-corrected chi connectivity index (χ4v) is 22.9. The Morgan fingerprint density at radius 3 is 0.400 bits per heavy atom. The summed E-state index contributed by atoms with van der Waals surface area (Å²) in [6.07, 6.45) is 64.7. The predicted octanol–water partition coefficient (Wildman–Crippen LogP) is 29.6. The fourth-order valence-electron chi connectivity index (χ4n) is 22.2. The average molecular weight is 1470 g/mol. The molecular weight excluding hydrogens is 1340 g/mol. The van der Waals surface area contributed by atoms with Gasteiger partial charge in [-0.3, -0.25) is 23.5 Å². The zero-order valence-corrected chi connectivity index (χ0v) is 67.1. The Labute approximate surface area is 633 Å². The molecule has 0 atom stereocenters. The zero-order valence-electron chi connectivity index (χ0n) is 62.6. The first kappa shape index (κ1) is 86.4. The van der Waals surface area contributed by atoms with Gasteiger partial charge in [0.1, 0.15) is 0 Å². The van der Waals surface area contributed by atoms with Crippen molar-refractivity contribution in [3.8, 4) is 0 Å². The van der Waals surface area contributed by atoms with Crippen LogP contribution >= 0.6 is 63.1 Å². The molecule has 0 radical (unpaired) electrons. The van der Waals surface area contributed by atoms with E-state index in [0.29, 0.717) is 27.1 Å². The molecule has 15 aliphatic carbocycles. The molecule has 0 unspecified atom stereocenters. The van der Waals surface area contributed by atoms with E-state index in [9.17, 15) is 0 Å². The Kier molecular flexibility index (Phi) is 32.7. The summed E-state index contributed by atoms with van der Waals surface area (Å²) in [5.41, 5.74) is 14.1. The van der Waals surface area contributed by atoms with Gasteiger partial charge in [0.2, 0.25) is 0 Å². The molecule has 0 saturated heterocycles. The van der Waals surface area contributed by atoms with Gasteiger partial charge in [0.25, 0.3) is 0 Å². The van der Waals surface area contributed by atoms with Gasteiger partial charge in [0.15, 0.2) is 0 Å². The summed E-state index contributed by atoms with van der Waals surface area (Å²) in [4.78, 5) is 5.44. The molecule has 5 aromatic rings. The Balaban J connectivity index is 0.000000194. The van der Waals surface area contributed by atoms with Gasteiger partial charge in [-0.15, -0.1) is 63.1 Å². The van der Waals surface area contributed by atoms with Gasteiger partial charge in [0.05, 0.1) is 0 Å². The monoisotopic (exact) mass is 1470 g/mol. The second kappa shape index (κ2) is 37.8. The van der Waals surface area contributed by atoms with Gasteiger partial charge in [-0.25, -0.2) is 0 Å². The normalized spacial score (nSPS) is 31.9. The van der Waals surface area contributed by atoms with Crippen LogP contribution < -0.4 is 0 Å². The standard InChI is InChI=1S/5C18H26S.5FH/c5*1-2-3-8-17-9-12-18(13-10-17,14-11-17)15-4-6-16(19)7-5-15;;;;;/h5*4-7,19H,2-3,8-14H2,1H3;5*1H. The topological polar surface area (TPSA) is 0 Å². The van der Waals surface area contributed by atoms with Crippen LogP contribution in [-0.4, -0.2) is 0 Å². The molecule has 10 bridgehead atoms. The summed E-state index contributed by atoms with van der Waals surface area (Å²) >= 11 is 22.1. The van der Waals surface area contributed by atoms with E-state index in [1.165, 1.54) is 289 Å². The molecule has 20 rings (SSSR count). The lowest BCUT2D eigenvalue weighted by Gasteiger charge is -2.54. The summed E-state index contributed by atoms with van der Waals surface area (Å²) < 4.78 is 0. The Morgan fingerprint density at radius 1 is 0.190 bits per heavy atom. The SMILES string of the molecule is CCCCC12CCC(c3ccc(S)cc3)(CC1)CC2.CCCCC12CCC(c3ccc(S)cc3)(CC1)CC2.CCCCC12CCC(c3ccc(S)cc3)(CC1)CC2.CCCCC12CCC(c3ccc(S)cc3)(CC1)CC2.CCCCC12CCC(c3ccc(S)cc3)(CC1)CC2.F.F.F.F.F. The molecule has 0 nitrogen and oxygen atoms in total. The first-order valence-corrected chi connectivity index (χ1v) is 42.1. The van der Waals surface area contributed by atoms with Gasteiger partial charge in [-0.2, -0.15) is 0 Å². The van der Waals surface area contributed by atoms with Crippen molar-refractivity contribution in [2.45, 2.75) is 375 Å². The van der Waals surface area contributed by atoms with Crippen molar-refractivity contribution in [1.82, 2.24) is 0 Å². The smallest absolute Gasteiger partial charge is 0.00401 e. The van der Waals surface area contributed by atoms with E-state index >= 15 is 0 Å². The Morgan fingerprint density at radius 2 is 0.300 bits per heavy atom. The van der Waals surface area contributed by atoms with E-state index in [-0.39, 0.29) is 23.5 Å². The molecule has 560 valence electrons. The van der Waals surface area contributed by atoms with E-state index in [1.807, 2.05) is 0 Å². The van der Waals surface area contributed by atoms with Crippen LogP contribution in [0.25, 0.3) is 0 Å². The lowest BCUT2D eigenvalue weighted by molar-refractivity contribution is 0.0308. The maximum atomic E-state index is 4.41. The van der Waals surface area contributed by atoms with Crippen LogP contribution in [-0.2, 0) is 27.1 Å². The number of halogens is 5. The highest BCUT2D eigenvalue weighted by molar-refractivity contribution is 7.81. The number of hydrogen-bond acceptors (Lipinski definition) is 5. The summed E-state index contributed by atoms with van der Waals surface area (Å²) in [6, 6.07) is 44.9. The molecule has 15 aliphatic rings. The van der Waals surface area contributed by atoms with Crippen LogP contribution in [0.2, 0.25) is 0 Å². The second-order valence-corrected chi connectivity index (χ2v) is 37.2. The van der Waals surface area contributed by atoms with Crippen molar-refractivity contribution in [1.29, 1.82) is 0 Å². The van der Waals surface area contributed by atoms with Gasteiger partial charge in [0, 0.05) is 24.5 Å². The number of unbranched alkanes of at least 4 members (excludes halogenated alkanes) is 5. The van der Waals surface area contributed by atoms with Crippen molar-refractivity contribution in [2.75, 3.05) is 0 Å². The molecule has 0 aliphatic heterocycles. The van der Waals surface area contributed by atoms with Crippen molar-refractivity contribution in [3.05, 3.63) is 149 Å². The van der Waals surface area contributed by atoms with Gasteiger partial charge >= 0.3 is 0 Å². The van der Waals surface area contributed by atoms with E-state index < -0.39 is 0 Å². The molecule has 5 aromatic carbocycles. The lowest BCUT2D eigenvalue weighted by atomic mass is 9.51. The van der Waals surface area contributed by atoms with Crippen LogP contribution in [0.3, 0.4) is 0 Å². The van der Waals surface area contributed by atoms with Crippen LogP contribution in [0, 0.1) is 27.1 Å². The Bertz CT molecular complexity index is 2560. The maximum Gasteiger partial charge on any atom is 0.00401 e. The van der Waals surface area contributed by atoms with E-state index in [2.05, 4.69) is 219 Å². The molecule has 100 heavy (non-hydrogen) atoms. The minimum absolute atomic E-state index is 0. The van der Waals surface area contributed by atoms with Crippen LogP contribution in [0.15, 0.2) is 146 Å². The number of benzene rings is 5. The molecule has 15 fully saturated rings. The van der Waals surface area contributed by atoms with Crippen LogP contribution in [0.1, 0.15) is 351 Å². The average Bonchev–Trinajstić information content (AvgIpc) is 0.783. The number of thiol groups is 5. The van der Waals surface area contributed by atoms with Gasteiger partial charge in [-0.1, -0.05) is 159 Å². The molecular formula is C90H135F5S5. The Hall–Kier alpha value is -2.50. The largest absolute Gasteiger partial charge is 0.269 e. The van der Waals surface area contributed by atoms with Crippen LogP contribution in [0.4, 0.5) is 23.5 Å². The molecule has 0 spiro atoms. The predicted molar refractivity (Wildman–Crippen MR) is 438 cm³/mol. The van der Waals surface area contributed by atoms with Crippen molar-refractivity contribution in [3.63, 3.8) is 0 Å². The van der Waals surface area contributed by atoms with Crippen molar-refractivity contribution < 1.29 is 23.5 Å². The second-order valence-electron chi connectivity index (χ2n) is 34.7. The van der Waals surface area contributed by atoms with Crippen LogP contribution in [0.5, 0.6) is 0 Å². The number of hydrogen-bond donors (Lipinski definition) is 5.